The molecule has 0 spiro atoms. The van der Waals surface area contributed by atoms with Crippen LogP contribution in [-0.4, -0.2) is 60.8 Å². The van der Waals surface area contributed by atoms with E-state index in [4.69, 9.17) is 0 Å². The van der Waals surface area contributed by atoms with Crippen LogP contribution in [0, 0.1) is 11.3 Å². The SMILES string of the molecule is CCS(=O)(=O)C1CSCCN1CC1(CO)CCCC(C)C1. The van der Waals surface area contributed by atoms with Gasteiger partial charge in [-0.2, -0.15) is 11.8 Å². The van der Waals surface area contributed by atoms with E-state index in [-0.39, 0.29) is 23.1 Å². The minimum atomic E-state index is -3.05. The maximum absolute atomic E-state index is 12.3. The van der Waals surface area contributed by atoms with Crippen LogP contribution in [0.2, 0.25) is 0 Å². The summed E-state index contributed by atoms with van der Waals surface area (Å²) in [6.07, 6.45) is 4.42. The zero-order valence-electron chi connectivity index (χ0n) is 13.3. The van der Waals surface area contributed by atoms with Crippen molar-refractivity contribution in [3.63, 3.8) is 0 Å². The third-order valence-electron chi connectivity index (χ3n) is 5.07. The third kappa shape index (κ3) is 4.15. The minimum absolute atomic E-state index is 0.0960. The summed E-state index contributed by atoms with van der Waals surface area (Å²) in [5.74, 6) is 2.50. The fraction of sp³-hybridized carbons (Fsp3) is 1.00. The standard InChI is InChI=1S/C15H29NO3S2/c1-3-21(18,19)14-10-20-8-7-16(14)11-15(12-17)6-4-5-13(2)9-15/h13-14,17H,3-12H2,1-2H3. The van der Waals surface area contributed by atoms with Crippen molar-refractivity contribution in [3.8, 4) is 0 Å². The van der Waals surface area contributed by atoms with Crippen molar-refractivity contribution < 1.29 is 13.5 Å². The molecule has 6 heteroatoms. The molecular formula is C15H29NO3S2. The first-order valence-corrected chi connectivity index (χ1v) is 10.9. The quantitative estimate of drug-likeness (QED) is 0.832. The minimum Gasteiger partial charge on any atom is -0.396 e. The number of hydrogen-bond donors (Lipinski definition) is 1. The van der Waals surface area contributed by atoms with Gasteiger partial charge in [-0.25, -0.2) is 8.42 Å². The predicted octanol–water partition coefficient (Wildman–Crippen LogP) is 1.98. The summed E-state index contributed by atoms with van der Waals surface area (Å²) < 4.78 is 24.7. The van der Waals surface area contributed by atoms with Gasteiger partial charge in [0.05, 0.1) is 0 Å². The molecule has 124 valence electrons. The molecule has 2 aliphatic rings. The van der Waals surface area contributed by atoms with Gasteiger partial charge in [0.25, 0.3) is 0 Å². The molecule has 1 aliphatic carbocycles. The van der Waals surface area contributed by atoms with Gasteiger partial charge in [0.15, 0.2) is 9.84 Å². The van der Waals surface area contributed by atoms with E-state index in [9.17, 15) is 13.5 Å². The lowest BCUT2D eigenvalue weighted by Crippen LogP contribution is -2.53. The predicted molar refractivity (Wildman–Crippen MR) is 89.3 cm³/mol. The first-order chi connectivity index (χ1) is 9.92. The molecule has 0 aromatic rings. The summed E-state index contributed by atoms with van der Waals surface area (Å²) in [5.41, 5.74) is -0.0960. The highest BCUT2D eigenvalue weighted by Gasteiger charge is 2.41. The molecule has 1 saturated carbocycles. The molecule has 4 nitrogen and oxygen atoms in total. The molecule has 21 heavy (non-hydrogen) atoms. The Labute approximate surface area is 133 Å². The smallest absolute Gasteiger partial charge is 0.166 e. The number of hydrogen-bond acceptors (Lipinski definition) is 5. The van der Waals surface area contributed by atoms with E-state index in [2.05, 4.69) is 11.8 Å². The second-order valence-electron chi connectivity index (χ2n) is 6.81. The molecule has 2 rings (SSSR count). The van der Waals surface area contributed by atoms with Crippen molar-refractivity contribution in [1.82, 2.24) is 4.90 Å². The zero-order chi connectivity index (χ0) is 15.5. The molecule has 0 aromatic heterocycles. The van der Waals surface area contributed by atoms with Crippen LogP contribution in [0.1, 0.15) is 39.5 Å². The highest BCUT2D eigenvalue weighted by molar-refractivity contribution is 8.01. The summed E-state index contributed by atoms with van der Waals surface area (Å²) in [5, 5.41) is 9.60. The lowest BCUT2D eigenvalue weighted by molar-refractivity contribution is 0.0227. The van der Waals surface area contributed by atoms with Crippen molar-refractivity contribution in [3.05, 3.63) is 0 Å². The number of aliphatic hydroxyl groups excluding tert-OH is 1. The van der Waals surface area contributed by atoms with Crippen LogP contribution in [0.5, 0.6) is 0 Å². The van der Waals surface area contributed by atoms with Crippen LogP contribution in [-0.2, 0) is 9.84 Å². The first-order valence-electron chi connectivity index (χ1n) is 8.07. The monoisotopic (exact) mass is 335 g/mol. The molecule has 0 radical (unpaired) electrons. The fourth-order valence-corrected chi connectivity index (χ4v) is 6.94. The first kappa shape index (κ1) is 17.6. The van der Waals surface area contributed by atoms with E-state index in [1.54, 1.807) is 18.7 Å². The van der Waals surface area contributed by atoms with Crippen LogP contribution < -0.4 is 0 Å². The topological polar surface area (TPSA) is 57.6 Å². The number of nitrogens with zero attached hydrogens (tertiary/aromatic N) is 1. The average molecular weight is 336 g/mol. The molecule has 2 fully saturated rings. The van der Waals surface area contributed by atoms with Crippen molar-refractivity contribution in [2.24, 2.45) is 11.3 Å². The lowest BCUT2D eigenvalue weighted by Gasteiger charge is -2.45. The summed E-state index contributed by atoms with van der Waals surface area (Å²) in [6, 6.07) is 0. The van der Waals surface area contributed by atoms with Crippen molar-refractivity contribution in [2.75, 3.05) is 37.0 Å². The molecule has 1 heterocycles. The van der Waals surface area contributed by atoms with Gasteiger partial charge in [-0.1, -0.05) is 26.7 Å². The van der Waals surface area contributed by atoms with E-state index < -0.39 is 9.84 Å². The van der Waals surface area contributed by atoms with Crippen LogP contribution >= 0.6 is 11.8 Å². The Morgan fingerprint density at radius 1 is 1.43 bits per heavy atom. The van der Waals surface area contributed by atoms with Crippen LogP contribution in [0.25, 0.3) is 0 Å². The number of rotatable bonds is 5. The Kier molecular flexibility index (Phi) is 6.02. The molecule has 1 N–H and O–H groups in total. The van der Waals surface area contributed by atoms with E-state index in [1.165, 1.54) is 6.42 Å². The third-order valence-corrected chi connectivity index (χ3v) is 8.40. The van der Waals surface area contributed by atoms with Gasteiger partial charge in [-0.15, -0.1) is 0 Å². The van der Waals surface area contributed by atoms with E-state index in [0.29, 0.717) is 11.7 Å². The Morgan fingerprint density at radius 2 is 2.19 bits per heavy atom. The Balaban J connectivity index is 2.14. The van der Waals surface area contributed by atoms with Crippen molar-refractivity contribution in [2.45, 2.75) is 44.9 Å². The molecule has 0 bridgehead atoms. The highest BCUT2D eigenvalue weighted by atomic mass is 32.2. The second-order valence-corrected chi connectivity index (χ2v) is 10.4. The summed E-state index contributed by atoms with van der Waals surface area (Å²) in [6.45, 7) is 5.72. The zero-order valence-corrected chi connectivity index (χ0v) is 14.9. The molecular weight excluding hydrogens is 306 g/mol. The lowest BCUT2D eigenvalue weighted by atomic mass is 9.70. The fourth-order valence-electron chi connectivity index (χ4n) is 3.86. The van der Waals surface area contributed by atoms with Gasteiger partial charge in [0.2, 0.25) is 0 Å². The number of thioether (sulfide) groups is 1. The van der Waals surface area contributed by atoms with E-state index in [1.807, 2.05) is 0 Å². The largest absolute Gasteiger partial charge is 0.396 e. The van der Waals surface area contributed by atoms with Crippen LogP contribution in [0.3, 0.4) is 0 Å². The van der Waals surface area contributed by atoms with Crippen LogP contribution in [0.15, 0.2) is 0 Å². The van der Waals surface area contributed by atoms with Crippen molar-refractivity contribution in [1.29, 1.82) is 0 Å². The molecule has 0 aromatic carbocycles. The Morgan fingerprint density at radius 3 is 2.81 bits per heavy atom. The summed E-state index contributed by atoms with van der Waals surface area (Å²) >= 11 is 1.73. The average Bonchev–Trinajstić information content (AvgIpc) is 2.47. The van der Waals surface area contributed by atoms with Gasteiger partial charge in [0, 0.05) is 42.4 Å². The molecule has 3 atom stereocenters. The van der Waals surface area contributed by atoms with E-state index >= 15 is 0 Å². The highest BCUT2D eigenvalue weighted by Crippen LogP contribution is 2.40. The van der Waals surface area contributed by atoms with Gasteiger partial charge in [0.1, 0.15) is 5.37 Å². The Bertz CT molecular complexity index is 440. The van der Waals surface area contributed by atoms with Gasteiger partial charge < -0.3 is 5.11 Å². The second kappa shape index (κ2) is 7.20. The summed E-state index contributed by atoms with van der Waals surface area (Å²) in [7, 11) is -3.05. The van der Waals surface area contributed by atoms with E-state index in [0.717, 1.165) is 38.1 Å². The maximum atomic E-state index is 12.3. The normalized spacial score (nSPS) is 35.8. The number of aliphatic hydroxyl groups is 1. The summed E-state index contributed by atoms with van der Waals surface area (Å²) in [4.78, 5) is 2.14. The molecule has 3 unspecified atom stereocenters. The Hall–Kier alpha value is 0.220. The van der Waals surface area contributed by atoms with Gasteiger partial charge in [-0.05, 0) is 18.8 Å². The van der Waals surface area contributed by atoms with Gasteiger partial charge in [-0.3, -0.25) is 4.90 Å². The van der Waals surface area contributed by atoms with Crippen LogP contribution in [0.4, 0.5) is 0 Å². The molecule has 1 aliphatic heterocycles. The molecule has 0 amide bonds. The molecule has 1 saturated heterocycles. The van der Waals surface area contributed by atoms with Crippen molar-refractivity contribution >= 4 is 21.6 Å². The maximum Gasteiger partial charge on any atom is 0.166 e. The number of sulfone groups is 1. The van der Waals surface area contributed by atoms with Gasteiger partial charge >= 0.3 is 0 Å².